The van der Waals surface area contributed by atoms with E-state index in [0.29, 0.717) is 23.6 Å². The molecule has 1 unspecified atom stereocenters. The van der Waals surface area contributed by atoms with Gasteiger partial charge in [-0.15, -0.1) is 0 Å². The number of Topliss-reactive ketones (excluding diaryl/α,β-unsaturated/α-hetero) is 1. The van der Waals surface area contributed by atoms with Crippen LogP contribution in [0.15, 0.2) is 52.7 Å². The predicted molar refractivity (Wildman–Crippen MR) is 129 cm³/mol. The van der Waals surface area contributed by atoms with Crippen molar-refractivity contribution in [1.82, 2.24) is 4.98 Å². The van der Waals surface area contributed by atoms with Gasteiger partial charge in [0.25, 0.3) is 5.78 Å². The Hall–Kier alpha value is -3.92. The minimum Gasteiger partial charge on any atom is -0.507 e. The van der Waals surface area contributed by atoms with Gasteiger partial charge in [-0.25, -0.2) is 9.78 Å². The van der Waals surface area contributed by atoms with Crippen LogP contribution in [0.3, 0.4) is 0 Å². The molecule has 1 aromatic carbocycles. The zero-order chi connectivity index (χ0) is 25.1. The quantitative estimate of drug-likeness (QED) is 0.207. The first-order valence-corrected chi connectivity index (χ1v) is 11.9. The summed E-state index contributed by atoms with van der Waals surface area (Å²) in [5, 5.41) is 11.3. The number of anilines is 1. The van der Waals surface area contributed by atoms with Crippen molar-refractivity contribution < 1.29 is 33.4 Å². The molecule has 1 saturated heterocycles. The third kappa shape index (κ3) is 4.57. The monoisotopic (exact) mass is 496 g/mol. The van der Waals surface area contributed by atoms with Crippen molar-refractivity contribution in [2.75, 3.05) is 18.1 Å². The number of amides is 1. The molecule has 1 fully saturated rings. The van der Waals surface area contributed by atoms with E-state index in [-0.39, 0.29) is 33.7 Å². The molecule has 35 heavy (non-hydrogen) atoms. The van der Waals surface area contributed by atoms with Crippen LogP contribution in [-0.2, 0) is 14.3 Å². The number of esters is 1. The molecule has 0 spiro atoms. The lowest BCUT2D eigenvalue weighted by molar-refractivity contribution is -0.132. The number of rotatable bonds is 8. The fraction of sp³-hybridized carbons (Fsp3) is 0.280. The van der Waals surface area contributed by atoms with Gasteiger partial charge in [0, 0.05) is 5.56 Å². The van der Waals surface area contributed by atoms with Gasteiger partial charge in [0.2, 0.25) is 0 Å². The summed E-state index contributed by atoms with van der Waals surface area (Å²) in [6.07, 6.45) is 2.26. The van der Waals surface area contributed by atoms with Gasteiger partial charge in [-0.05, 0) is 56.7 Å². The van der Waals surface area contributed by atoms with Crippen LogP contribution < -0.4 is 9.64 Å². The molecule has 3 aromatic rings. The zero-order valence-electron chi connectivity index (χ0n) is 19.4. The smallest absolute Gasteiger partial charge is 0.350 e. The fourth-order valence-electron chi connectivity index (χ4n) is 3.70. The fourth-order valence-corrected chi connectivity index (χ4v) is 4.69. The van der Waals surface area contributed by atoms with Crippen LogP contribution >= 0.6 is 11.3 Å². The molecule has 4 rings (SSSR count). The largest absolute Gasteiger partial charge is 0.507 e. The number of hydrogen-bond donors (Lipinski definition) is 1. The normalized spacial score (nSPS) is 17.1. The lowest BCUT2D eigenvalue weighted by atomic mass is 9.99. The topological polar surface area (TPSA) is 119 Å². The van der Waals surface area contributed by atoms with Crippen molar-refractivity contribution in [2.24, 2.45) is 0 Å². The van der Waals surface area contributed by atoms with E-state index in [4.69, 9.17) is 13.9 Å². The van der Waals surface area contributed by atoms with E-state index >= 15 is 0 Å². The molecule has 0 aliphatic carbocycles. The van der Waals surface area contributed by atoms with Crippen molar-refractivity contribution in [3.63, 3.8) is 0 Å². The van der Waals surface area contributed by atoms with Crippen molar-refractivity contribution >= 4 is 39.9 Å². The van der Waals surface area contributed by atoms with E-state index in [1.54, 1.807) is 50.2 Å². The Kier molecular flexibility index (Phi) is 7.02. The second-order valence-electron chi connectivity index (χ2n) is 7.69. The van der Waals surface area contributed by atoms with Crippen LogP contribution in [0.1, 0.15) is 53.0 Å². The van der Waals surface area contributed by atoms with Crippen LogP contribution in [0.5, 0.6) is 5.75 Å². The Morgan fingerprint density at radius 1 is 1.20 bits per heavy atom. The molecule has 1 aliphatic rings. The van der Waals surface area contributed by atoms with E-state index in [9.17, 15) is 19.5 Å². The highest BCUT2D eigenvalue weighted by Crippen LogP contribution is 2.44. The number of furan rings is 1. The highest BCUT2D eigenvalue weighted by molar-refractivity contribution is 7.17. The Bertz CT molecular complexity index is 1280. The maximum absolute atomic E-state index is 13.2. The number of hydrogen-bond acceptors (Lipinski definition) is 9. The average Bonchev–Trinajstić information content (AvgIpc) is 3.57. The summed E-state index contributed by atoms with van der Waals surface area (Å²) < 4.78 is 16.2. The Balaban J connectivity index is 1.79. The molecule has 0 bridgehead atoms. The molecule has 0 saturated carbocycles. The van der Waals surface area contributed by atoms with E-state index in [2.05, 4.69) is 4.98 Å². The number of aliphatic hydroxyl groups excluding tert-OH is 1. The second kappa shape index (κ2) is 10.1. The van der Waals surface area contributed by atoms with Gasteiger partial charge >= 0.3 is 11.9 Å². The Morgan fingerprint density at radius 3 is 2.57 bits per heavy atom. The van der Waals surface area contributed by atoms with Crippen LogP contribution in [0.2, 0.25) is 0 Å². The molecule has 3 heterocycles. The molecule has 0 radical (unpaired) electrons. The minimum absolute atomic E-state index is 0.122. The molecule has 1 atom stereocenters. The van der Waals surface area contributed by atoms with E-state index < -0.39 is 23.7 Å². The number of benzene rings is 1. The highest BCUT2D eigenvalue weighted by atomic mass is 32.1. The number of ketones is 1. The van der Waals surface area contributed by atoms with E-state index in [0.717, 1.165) is 22.7 Å². The van der Waals surface area contributed by atoms with Crippen molar-refractivity contribution in [1.29, 1.82) is 0 Å². The van der Waals surface area contributed by atoms with Gasteiger partial charge in [-0.1, -0.05) is 18.3 Å². The summed E-state index contributed by atoms with van der Waals surface area (Å²) in [7, 11) is 0. The predicted octanol–water partition coefficient (Wildman–Crippen LogP) is 4.64. The molecular weight excluding hydrogens is 472 g/mol. The van der Waals surface area contributed by atoms with Crippen molar-refractivity contribution in [2.45, 2.75) is 33.2 Å². The lowest BCUT2D eigenvalue weighted by Gasteiger charge is -2.20. The van der Waals surface area contributed by atoms with Gasteiger partial charge in [-0.3, -0.25) is 14.5 Å². The maximum Gasteiger partial charge on any atom is 0.350 e. The molecule has 182 valence electrons. The van der Waals surface area contributed by atoms with Gasteiger partial charge in [0.1, 0.15) is 28.2 Å². The summed E-state index contributed by atoms with van der Waals surface area (Å²) in [6, 6.07) is 8.73. The summed E-state index contributed by atoms with van der Waals surface area (Å²) in [5.74, 6) is -1.81. The number of aryl methyl sites for hydroxylation is 1. The van der Waals surface area contributed by atoms with Crippen LogP contribution in [0.25, 0.3) is 5.76 Å². The molecule has 2 aromatic heterocycles. The van der Waals surface area contributed by atoms with Gasteiger partial charge in [0.05, 0.1) is 30.7 Å². The third-order valence-electron chi connectivity index (χ3n) is 5.31. The van der Waals surface area contributed by atoms with E-state index in [1.165, 1.54) is 6.26 Å². The molecule has 9 nitrogen and oxygen atoms in total. The standard InChI is InChI=1S/C25H24N2O7S/c1-4-12-33-16-10-8-15(9-11-16)20(28)18-19(17-7-6-13-34-17)27(23(30)21(18)29)25-26-14(3)22(35-25)24(31)32-5-2/h6-11,13,19,28H,4-5,12H2,1-3H3. The molecule has 1 amide bonds. The van der Waals surface area contributed by atoms with E-state index in [1.807, 2.05) is 6.92 Å². The molecule has 10 heteroatoms. The lowest BCUT2D eigenvalue weighted by Crippen LogP contribution is -2.29. The number of ether oxygens (including phenoxy) is 2. The number of nitrogens with zero attached hydrogens (tertiary/aromatic N) is 2. The molecule has 1 aliphatic heterocycles. The molecular formula is C25H24N2O7S. The van der Waals surface area contributed by atoms with Crippen LogP contribution in [0, 0.1) is 6.92 Å². The summed E-state index contributed by atoms with van der Waals surface area (Å²) in [6.45, 7) is 6.04. The first-order chi connectivity index (χ1) is 16.9. The molecule has 1 N–H and O–H groups in total. The Morgan fingerprint density at radius 2 is 1.94 bits per heavy atom. The maximum atomic E-state index is 13.2. The van der Waals surface area contributed by atoms with Gasteiger partial charge in [-0.2, -0.15) is 0 Å². The van der Waals surface area contributed by atoms with Gasteiger partial charge in [0.15, 0.2) is 5.13 Å². The number of thiazole rings is 1. The number of aliphatic hydroxyl groups is 1. The van der Waals surface area contributed by atoms with Gasteiger partial charge < -0.3 is 19.0 Å². The average molecular weight is 497 g/mol. The summed E-state index contributed by atoms with van der Waals surface area (Å²) in [4.78, 5) is 44.3. The number of carbonyl (C=O) groups excluding carboxylic acids is 3. The first kappa shape index (κ1) is 24.2. The number of carbonyl (C=O) groups is 3. The summed E-state index contributed by atoms with van der Waals surface area (Å²) in [5.41, 5.74) is 0.565. The van der Waals surface area contributed by atoms with Crippen molar-refractivity contribution in [3.05, 3.63) is 70.1 Å². The first-order valence-electron chi connectivity index (χ1n) is 11.1. The number of aromatic nitrogens is 1. The minimum atomic E-state index is -1.07. The van der Waals surface area contributed by atoms with Crippen molar-refractivity contribution in [3.8, 4) is 5.75 Å². The summed E-state index contributed by atoms with van der Waals surface area (Å²) >= 11 is 0.936. The second-order valence-corrected chi connectivity index (χ2v) is 8.67. The van der Waals surface area contributed by atoms with Crippen LogP contribution in [-0.4, -0.2) is 41.0 Å². The zero-order valence-corrected chi connectivity index (χ0v) is 20.3. The highest BCUT2D eigenvalue weighted by Gasteiger charge is 2.49. The third-order valence-corrected chi connectivity index (χ3v) is 6.45. The SMILES string of the molecule is CCCOc1ccc(C(O)=C2C(=O)C(=O)N(c3nc(C)c(C(=O)OCC)s3)C2c2ccco2)cc1. The Labute approximate surface area is 205 Å². The van der Waals surface area contributed by atoms with Crippen LogP contribution in [0.4, 0.5) is 5.13 Å².